The first kappa shape index (κ1) is 17.3. The summed E-state index contributed by atoms with van der Waals surface area (Å²) in [5.74, 6) is -3.21. The number of benzene rings is 2. The summed E-state index contributed by atoms with van der Waals surface area (Å²) in [7, 11) is 2.68. The van der Waals surface area contributed by atoms with Gasteiger partial charge < -0.3 is 0 Å². The van der Waals surface area contributed by atoms with Gasteiger partial charge in [0.2, 0.25) is 0 Å². The summed E-state index contributed by atoms with van der Waals surface area (Å²) < 4.78 is 27.0. The molecule has 0 saturated heterocycles. The molecular formula is C15H12F2N2O2S2. The summed E-state index contributed by atoms with van der Waals surface area (Å²) in [6.45, 7) is 0. The Balaban J connectivity index is 2.12. The van der Waals surface area contributed by atoms with Gasteiger partial charge in [-0.2, -0.15) is 0 Å². The number of hydrogen-bond acceptors (Lipinski definition) is 4. The van der Waals surface area contributed by atoms with Crippen molar-refractivity contribution in [2.24, 2.45) is 0 Å². The zero-order valence-electron chi connectivity index (χ0n) is 11.9. The summed E-state index contributed by atoms with van der Waals surface area (Å²) in [5.41, 5.74) is -0.286. The predicted octanol–water partition coefficient (Wildman–Crippen LogP) is 3.89. The van der Waals surface area contributed by atoms with Crippen LogP contribution < -0.4 is 10.2 Å². The summed E-state index contributed by atoms with van der Waals surface area (Å²) in [6, 6.07) is 9.03. The second kappa shape index (κ2) is 7.47. The molecule has 23 heavy (non-hydrogen) atoms. The van der Waals surface area contributed by atoms with Gasteiger partial charge in [-0.15, -0.1) is 11.7 Å². The Kier molecular flexibility index (Phi) is 5.62. The number of nitrogens with zero attached hydrogens (tertiary/aromatic N) is 1. The van der Waals surface area contributed by atoms with Crippen molar-refractivity contribution < 1.29 is 18.4 Å². The van der Waals surface area contributed by atoms with E-state index in [1.165, 1.54) is 17.8 Å². The summed E-state index contributed by atoms with van der Waals surface area (Å²) in [5, 5.41) is 1.95. The Morgan fingerprint density at radius 2 is 1.65 bits per heavy atom. The van der Waals surface area contributed by atoms with Crippen LogP contribution in [0.2, 0.25) is 0 Å². The van der Waals surface area contributed by atoms with E-state index < -0.39 is 29.1 Å². The third-order valence-corrected chi connectivity index (χ3v) is 4.16. The molecule has 0 spiro atoms. The van der Waals surface area contributed by atoms with Crippen molar-refractivity contribution in [3.63, 3.8) is 0 Å². The summed E-state index contributed by atoms with van der Waals surface area (Å²) >= 11 is 4.05. The Bertz CT molecular complexity index is 719. The van der Waals surface area contributed by atoms with Crippen LogP contribution in [0.5, 0.6) is 0 Å². The van der Waals surface area contributed by atoms with E-state index in [4.69, 9.17) is 0 Å². The van der Waals surface area contributed by atoms with E-state index >= 15 is 0 Å². The van der Waals surface area contributed by atoms with Crippen LogP contribution in [0.1, 0.15) is 10.4 Å². The molecule has 0 radical (unpaired) electrons. The van der Waals surface area contributed by atoms with Gasteiger partial charge in [-0.05, 0) is 36.4 Å². The second-order valence-electron chi connectivity index (χ2n) is 4.50. The van der Waals surface area contributed by atoms with Gasteiger partial charge >= 0.3 is 6.03 Å². The van der Waals surface area contributed by atoms with Crippen LogP contribution in [0.25, 0.3) is 0 Å². The molecule has 0 atom stereocenters. The van der Waals surface area contributed by atoms with Crippen LogP contribution >= 0.6 is 22.5 Å². The number of amides is 3. The van der Waals surface area contributed by atoms with Crippen molar-refractivity contribution in [2.45, 2.75) is 4.90 Å². The van der Waals surface area contributed by atoms with Gasteiger partial charge in [0.1, 0.15) is 17.2 Å². The minimum absolute atomic E-state index is 0.510. The Morgan fingerprint density at radius 3 is 2.17 bits per heavy atom. The van der Waals surface area contributed by atoms with Crippen LogP contribution in [-0.2, 0) is 0 Å². The maximum absolute atomic E-state index is 13.5. The fraction of sp³-hybridized carbons (Fsp3) is 0.0667. The predicted molar refractivity (Wildman–Crippen MR) is 88.9 cm³/mol. The fourth-order valence-corrected chi connectivity index (χ4v) is 2.43. The molecule has 2 aromatic carbocycles. The highest BCUT2D eigenvalue weighted by Gasteiger charge is 2.21. The van der Waals surface area contributed by atoms with Crippen molar-refractivity contribution in [3.05, 3.63) is 59.7 Å². The van der Waals surface area contributed by atoms with E-state index in [2.05, 4.69) is 11.7 Å². The largest absolute Gasteiger partial charge is 0.328 e. The minimum atomic E-state index is -1.14. The van der Waals surface area contributed by atoms with Crippen LogP contribution in [-0.4, -0.2) is 19.0 Å². The van der Waals surface area contributed by atoms with Crippen molar-refractivity contribution in [3.8, 4) is 0 Å². The highest BCUT2D eigenvalue weighted by Crippen LogP contribution is 2.24. The molecule has 8 heteroatoms. The van der Waals surface area contributed by atoms with Gasteiger partial charge in [-0.3, -0.25) is 15.0 Å². The highest BCUT2D eigenvalue weighted by atomic mass is 33.1. The third-order valence-electron chi connectivity index (χ3n) is 3.04. The molecule has 0 unspecified atom stereocenters. The van der Waals surface area contributed by atoms with E-state index in [1.54, 1.807) is 24.3 Å². The smallest absolute Gasteiger partial charge is 0.297 e. The molecule has 0 aliphatic rings. The first-order valence-electron chi connectivity index (χ1n) is 6.38. The molecule has 2 rings (SSSR count). The lowest BCUT2D eigenvalue weighted by atomic mass is 10.2. The molecule has 0 aliphatic heterocycles. The molecule has 0 aliphatic carbocycles. The zero-order valence-corrected chi connectivity index (χ0v) is 13.6. The lowest BCUT2D eigenvalue weighted by molar-refractivity contribution is 0.0957. The molecule has 0 aromatic heterocycles. The molecular weight excluding hydrogens is 342 g/mol. The Hall–Kier alpha value is -2.06. The van der Waals surface area contributed by atoms with Crippen LogP contribution in [0, 0.1) is 11.6 Å². The molecule has 3 amide bonds. The van der Waals surface area contributed by atoms with Crippen LogP contribution in [0.4, 0.5) is 19.3 Å². The monoisotopic (exact) mass is 354 g/mol. The molecule has 1 N–H and O–H groups in total. The molecule has 0 saturated carbocycles. The number of imide groups is 1. The average Bonchev–Trinajstić information content (AvgIpc) is 2.54. The Labute approximate surface area is 140 Å². The summed E-state index contributed by atoms with van der Waals surface area (Å²) in [4.78, 5) is 26.0. The van der Waals surface area contributed by atoms with Gasteiger partial charge in [-0.1, -0.05) is 16.9 Å². The zero-order chi connectivity index (χ0) is 17.0. The van der Waals surface area contributed by atoms with E-state index in [-0.39, 0.29) is 0 Å². The molecule has 2 aromatic rings. The Morgan fingerprint density at radius 1 is 1.09 bits per heavy atom. The number of urea groups is 1. The third kappa shape index (κ3) is 4.02. The van der Waals surface area contributed by atoms with E-state index in [9.17, 15) is 18.4 Å². The van der Waals surface area contributed by atoms with Gasteiger partial charge in [0.15, 0.2) is 0 Å². The first-order valence-corrected chi connectivity index (χ1v) is 8.25. The standard InChI is InChI=1S/C15H12F2N2O2S2/c1-19(9-5-7-10(23-22)8-6-9)15(21)18-14(20)13-11(16)3-2-4-12(13)17/h2-8,22H,1H3,(H,18,20,21). The molecule has 0 heterocycles. The van der Waals surface area contributed by atoms with Gasteiger partial charge in [-0.25, -0.2) is 13.6 Å². The van der Waals surface area contributed by atoms with Crippen LogP contribution in [0.15, 0.2) is 47.4 Å². The number of carbonyl (C=O) groups excluding carboxylic acids is 2. The number of nitrogens with one attached hydrogen (secondary N) is 1. The quantitative estimate of drug-likeness (QED) is 0.649. The number of anilines is 1. The van der Waals surface area contributed by atoms with E-state index in [0.717, 1.165) is 28.0 Å². The highest BCUT2D eigenvalue weighted by molar-refractivity contribution is 8.68. The normalized spacial score (nSPS) is 10.3. The minimum Gasteiger partial charge on any atom is -0.297 e. The maximum atomic E-state index is 13.5. The van der Waals surface area contributed by atoms with E-state index in [1.807, 2.05) is 5.32 Å². The lowest BCUT2D eigenvalue weighted by Crippen LogP contribution is -2.41. The summed E-state index contributed by atoms with van der Waals surface area (Å²) in [6.07, 6.45) is 0. The van der Waals surface area contributed by atoms with Gasteiger partial charge in [0.25, 0.3) is 5.91 Å². The number of hydrogen-bond donors (Lipinski definition) is 2. The average molecular weight is 354 g/mol. The number of halogens is 2. The molecule has 0 fully saturated rings. The first-order chi connectivity index (χ1) is 10.9. The van der Waals surface area contributed by atoms with E-state index in [0.29, 0.717) is 5.69 Å². The SMILES string of the molecule is CN(C(=O)NC(=O)c1c(F)cccc1F)c1ccc(SS)cc1. The number of thiol groups is 1. The van der Waals surface area contributed by atoms with Gasteiger partial charge in [0, 0.05) is 17.6 Å². The second-order valence-corrected chi connectivity index (χ2v) is 5.70. The molecule has 4 nitrogen and oxygen atoms in total. The van der Waals surface area contributed by atoms with Crippen molar-refractivity contribution in [1.29, 1.82) is 0 Å². The fourth-order valence-electron chi connectivity index (χ4n) is 1.81. The van der Waals surface area contributed by atoms with Gasteiger partial charge in [0.05, 0.1) is 0 Å². The lowest BCUT2D eigenvalue weighted by Gasteiger charge is -2.18. The van der Waals surface area contributed by atoms with Crippen molar-refractivity contribution in [2.75, 3.05) is 11.9 Å². The van der Waals surface area contributed by atoms with Crippen molar-refractivity contribution >= 4 is 40.1 Å². The van der Waals surface area contributed by atoms with Crippen molar-refractivity contribution in [1.82, 2.24) is 5.32 Å². The molecule has 120 valence electrons. The number of carbonyl (C=O) groups is 2. The number of rotatable bonds is 3. The molecule has 0 bridgehead atoms. The maximum Gasteiger partial charge on any atom is 0.328 e. The van der Waals surface area contributed by atoms with Crippen LogP contribution in [0.3, 0.4) is 0 Å². The topological polar surface area (TPSA) is 49.4 Å².